The molecule has 0 unspecified atom stereocenters. The van der Waals surface area contributed by atoms with Gasteiger partial charge in [-0.1, -0.05) is 23.5 Å². The molecule has 2 N–H and O–H groups in total. The molecule has 112 valence electrons. The molecule has 2 aromatic carbocycles. The first-order chi connectivity index (χ1) is 10.6. The Morgan fingerprint density at radius 2 is 1.64 bits per heavy atom. The molecule has 1 aromatic heterocycles. The Kier molecular flexibility index (Phi) is 3.68. The molecule has 8 heteroatoms. The van der Waals surface area contributed by atoms with Gasteiger partial charge in [0.05, 0.1) is 4.70 Å². The summed E-state index contributed by atoms with van der Waals surface area (Å²) in [4.78, 5) is 15.7. The predicted molar refractivity (Wildman–Crippen MR) is 77.0 cm³/mol. The van der Waals surface area contributed by atoms with Gasteiger partial charge >= 0.3 is 0 Å². The van der Waals surface area contributed by atoms with Crippen molar-refractivity contribution in [1.29, 1.82) is 0 Å². The number of aromatic nitrogens is 1. The van der Waals surface area contributed by atoms with E-state index in [1.807, 2.05) is 0 Å². The van der Waals surface area contributed by atoms with E-state index in [0.717, 1.165) is 29.5 Å². The van der Waals surface area contributed by atoms with Crippen molar-refractivity contribution in [3.8, 4) is 0 Å². The zero-order chi connectivity index (χ0) is 15.7. The number of benzene rings is 2. The maximum absolute atomic E-state index is 13.5. The third-order valence-corrected chi connectivity index (χ3v) is 3.78. The second kappa shape index (κ2) is 5.64. The molecule has 3 aromatic rings. The highest BCUT2D eigenvalue weighted by molar-refractivity contribution is 7.22. The Hall–Kier alpha value is -2.61. The molecule has 0 atom stereocenters. The van der Waals surface area contributed by atoms with E-state index in [1.165, 1.54) is 12.1 Å². The molecule has 0 spiro atoms. The van der Waals surface area contributed by atoms with Gasteiger partial charge in [-0.25, -0.2) is 18.2 Å². The van der Waals surface area contributed by atoms with Crippen LogP contribution in [0.4, 0.5) is 18.3 Å². The third kappa shape index (κ3) is 2.60. The van der Waals surface area contributed by atoms with E-state index >= 15 is 0 Å². The number of anilines is 1. The second-order valence-electron chi connectivity index (χ2n) is 4.28. The number of fused-ring (bicyclic) bond motifs is 1. The molecule has 22 heavy (non-hydrogen) atoms. The lowest BCUT2D eigenvalue weighted by molar-refractivity contribution is 0.0954. The van der Waals surface area contributed by atoms with Crippen molar-refractivity contribution in [1.82, 2.24) is 10.4 Å². The highest BCUT2D eigenvalue weighted by Crippen LogP contribution is 2.27. The van der Waals surface area contributed by atoms with Gasteiger partial charge in [0.25, 0.3) is 5.91 Å². The van der Waals surface area contributed by atoms with Crippen LogP contribution in [-0.2, 0) is 0 Å². The number of para-hydroxylation sites is 1. The Labute approximate surface area is 126 Å². The number of nitrogens with one attached hydrogen (secondary N) is 2. The van der Waals surface area contributed by atoms with Crippen molar-refractivity contribution in [2.45, 2.75) is 0 Å². The number of rotatable bonds is 3. The number of amides is 1. The largest absolute Gasteiger partial charge is 0.275 e. The lowest BCUT2D eigenvalue weighted by atomic mass is 10.2. The quantitative estimate of drug-likeness (QED) is 0.726. The average molecular weight is 323 g/mol. The van der Waals surface area contributed by atoms with Crippen LogP contribution in [0.1, 0.15) is 10.4 Å². The van der Waals surface area contributed by atoms with Crippen molar-refractivity contribution >= 4 is 32.6 Å². The number of carbonyl (C=O) groups is 1. The topological polar surface area (TPSA) is 54.0 Å². The number of carbonyl (C=O) groups excluding carboxylic acids is 1. The summed E-state index contributed by atoms with van der Waals surface area (Å²) in [5.41, 5.74) is 4.00. The van der Waals surface area contributed by atoms with Gasteiger partial charge < -0.3 is 0 Å². The van der Waals surface area contributed by atoms with Crippen LogP contribution in [0, 0.1) is 17.5 Å². The molecule has 4 nitrogen and oxygen atoms in total. The first-order valence-corrected chi connectivity index (χ1v) is 6.93. The van der Waals surface area contributed by atoms with Gasteiger partial charge in [-0.2, -0.15) is 0 Å². The number of hydrogen-bond acceptors (Lipinski definition) is 4. The first-order valence-electron chi connectivity index (χ1n) is 6.11. The number of nitrogens with zero attached hydrogens (tertiary/aromatic N) is 1. The highest BCUT2D eigenvalue weighted by Gasteiger charge is 2.17. The van der Waals surface area contributed by atoms with Gasteiger partial charge in [-0.15, -0.1) is 0 Å². The Morgan fingerprint density at radius 1 is 1.00 bits per heavy atom. The standard InChI is InChI=1S/C14H8F3N3OS/c15-7-3-1-4-8(16)11(7)13(21)19-20-14-18-12-9(17)5-2-6-10(12)22-14/h1-6H,(H,18,20)(H,19,21). The molecule has 3 rings (SSSR count). The molecular weight excluding hydrogens is 315 g/mol. The van der Waals surface area contributed by atoms with Crippen LogP contribution < -0.4 is 10.9 Å². The average Bonchev–Trinajstić information content (AvgIpc) is 2.89. The van der Waals surface area contributed by atoms with Crippen LogP contribution in [0.15, 0.2) is 36.4 Å². The molecule has 0 aliphatic rings. The van der Waals surface area contributed by atoms with E-state index in [0.29, 0.717) is 4.70 Å². The number of thiazole rings is 1. The number of hydrazine groups is 1. The summed E-state index contributed by atoms with van der Waals surface area (Å²) in [5, 5.41) is 0.199. The zero-order valence-electron chi connectivity index (χ0n) is 10.9. The molecular formula is C14H8F3N3OS. The smallest absolute Gasteiger partial charge is 0.273 e. The summed E-state index contributed by atoms with van der Waals surface area (Å²) in [6, 6.07) is 7.58. The summed E-state index contributed by atoms with van der Waals surface area (Å²) in [6.45, 7) is 0. The van der Waals surface area contributed by atoms with Crippen molar-refractivity contribution in [3.63, 3.8) is 0 Å². The van der Waals surface area contributed by atoms with E-state index in [4.69, 9.17) is 0 Å². The highest BCUT2D eigenvalue weighted by atomic mass is 32.1. The summed E-state index contributed by atoms with van der Waals surface area (Å²) in [5.74, 6) is -3.44. The molecule has 0 bridgehead atoms. The van der Waals surface area contributed by atoms with E-state index < -0.39 is 28.9 Å². The summed E-state index contributed by atoms with van der Waals surface area (Å²) < 4.78 is 41.0. The van der Waals surface area contributed by atoms with E-state index in [1.54, 1.807) is 6.07 Å². The number of halogens is 3. The summed E-state index contributed by atoms with van der Waals surface area (Å²) >= 11 is 1.09. The zero-order valence-corrected chi connectivity index (χ0v) is 11.7. The summed E-state index contributed by atoms with van der Waals surface area (Å²) in [6.07, 6.45) is 0. The minimum absolute atomic E-state index is 0.154. The molecule has 0 fully saturated rings. The predicted octanol–water partition coefficient (Wildman–Crippen LogP) is 3.47. The van der Waals surface area contributed by atoms with Crippen molar-refractivity contribution < 1.29 is 18.0 Å². The van der Waals surface area contributed by atoms with Crippen LogP contribution >= 0.6 is 11.3 Å². The van der Waals surface area contributed by atoms with Crippen molar-refractivity contribution in [3.05, 3.63) is 59.4 Å². The fourth-order valence-electron chi connectivity index (χ4n) is 1.86. The first kappa shape index (κ1) is 14.3. The summed E-state index contributed by atoms with van der Waals surface area (Å²) in [7, 11) is 0. The second-order valence-corrected chi connectivity index (χ2v) is 5.31. The molecule has 0 radical (unpaired) electrons. The van der Waals surface area contributed by atoms with Gasteiger partial charge in [-0.3, -0.25) is 15.6 Å². The van der Waals surface area contributed by atoms with Crippen molar-refractivity contribution in [2.24, 2.45) is 0 Å². The maximum Gasteiger partial charge on any atom is 0.275 e. The molecule has 1 amide bonds. The normalized spacial score (nSPS) is 10.7. The third-order valence-electron chi connectivity index (χ3n) is 2.84. The molecule has 0 saturated carbocycles. The Bertz CT molecular complexity index is 845. The van der Waals surface area contributed by atoms with Crippen molar-refractivity contribution in [2.75, 3.05) is 5.43 Å². The lowest BCUT2D eigenvalue weighted by Crippen LogP contribution is -2.30. The van der Waals surface area contributed by atoms with Gasteiger partial charge in [-0.05, 0) is 24.3 Å². The van der Waals surface area contributed by atoms with Crippen LogP contribution in [0.3, 0.4) is 0 Å². The molecule has 0 aliphatic heterocycles. The molecule has 0 aliphatic carbocycles. The molecule has 1 heterocycles. The molecule has 0 saturated heterocycles. The monoisotopic (exact) mass is 323 g/mol. The fourth-order valence-corrected chi connectivity index (χ4v) is 2.69. The lowest BCUT2D eigenvalue weighted by Gasteiger charge is -2.06. The Morgan fingerprint density at radius 3 is 2.32 bits per heavy atom. The number of hydrogen-bond donors (Lipinski definition) is 2. The minimum atomic E-state index is -0.990. The maximum atomic E-state index is 13.5. The van der Waals surface area contributed by atoms with Gasteiger partial charge in [0, 0.05) is 0 Å². The van der Waals surface area contributed by atoms with Crippen LogP contribution in [0.2, 0.25) is 0 Å². The van der Waals surface area contributed by atoms with Crippen LogP contribution in [-0.4, -0.2) is 10.9 Å². The van der Waals surface area contributed by atoms with E-state index in [-0.39, 0.29) is 10.6 Å². The van der Waals surface area contributed by atoms with Gasteiger partial charge in [0.1, 0.15) is 28.5 Å². The Balaban J connectivity index is 1.79. The van der Waals surface area contributed by atoms with Crippen LogP contribution in [0.5, 0.6) is 0 Å². The van der Waals surface area contributed by atoms with Gasteiger partial charge in [0.2, 0.25) is 5.13 Å². The van der Waals surface area contributed by atoms with E-state index in [9.17, 15) is 18.0 Å². The minimum Gasteiger partial charge on any atom is -0.273 e. The SMILES string of the molecule is O=C(NNc1nc2c(F)cccc2s1)c1c(F)cccc1F. The van der Waals surface area contributed by atoms with Gasteiger partial charge in [0.15, 0.2) is 0 Å². The van der Waals surface area contributed by atoms with E-state index in [2.05, 4.69) is 15.8 Å². The fraction of sp³-hybridized carbons (Fsp3) is 0. The van der Waals surface area contributed by atoms with Crippen LogP contribution in [0.25, 0.3) is 10.2 Å².